The van der Waals surface area contributed by atoms with Gasteiger partial charge in [-0.1, -0.05) is 30.5 Å². The van der Waals surface area contributed by atoms with E-state index in [-0.39, 0.29) is 23.1 Å². The maximum Gasteiger partial charge on any atom is 0.293 e. The summed E-state index contributed by atoms with van der Waals surface area (Å²) in [6.45, 7) is 0.382. The number of phenolic OH excluding ortho intramolecular Hbond substituents is 1. The van der Waals surface area contributed by atoms with Gasteiger partial charge in [-0.3, -0.25) is 9.69 Å². The lowest BCUT2D eigenvalue weighted by Crippen LogP contribution is -2.34. The quantitative estimate of drug-likeness (QED) is 0.324. The predicted molar refractivity (Wildman–Crippen MR) is 122 cm³/mol. The van der Waals surface area contributed by atoms with E-state index in [0.717, 1.165) is 12.8 Å². The Labute approximate surface area is 195 Å². The molecule has 4 N–H and O–H groups in total. The average molecular weight is 470 g/mol. The average Bonchev–Trinajstić information content (AvgIpc) is 3.46. The number of carbonyl (C=O) groups is 1. The van der Waals surface area contributed by atoms with E-state index in [1.54, 1.807) is 18.2 Å². The fourth-order valence-corrected chi connectivity index (χ4v) is 4.04. The molecule has 0 aliphatic heterocycles. The molecule has 0 radical (unpaired) electrons. The van der Waals surface area contributed by atoms with Crippen LogP contribution in [0.3, 0.4) is 0 Å². The summed E-state index contributed by atoms with van der Waals surface area (Å²) >= 11 is 0. The Morgan fingerprint density at radius 1 is 1.38 bits per heavy atom. The number of benzene rings is 1. The van der Waals surface area contributed by atoms with Crippen molar-refractivity contribution in [1.82, 2.24) is 35.6 Å². The van der Waals surface area contributed by atoms with Crippen molar-refractivity contribution in [2.75, 3.05) is 19.9 Å². The highest BCUT2D eigenvalue weighted by Crippen LogP contribution is 2.28. The van der Waals surface area contributed by atoms with Crippen molar-refractivity contribution >= 4 is 17.9 Å². The van der Waals surface area contributed by atoms with Gasteiger partial charge in [-0.25, -0.2) is 10.1 Å². The first kappa shape index (κ1) is 23.2. The Balaban J connectivity index is 1.57. The van der Waals surface area contributed by atoms with Crippen LogP contribution in [-0.4, -0.2) is 67.6 Å². The molecule has 4 rings (SSSR count). The zero-order chi connectivity index (χ0) is 24.1. The van der Waals surface area contributed by atoms with E-state index in [1.165, 1.54) is 37.3 Å². The summed E-state index contributed by atoms with van der Waals surface area (Å²) in [6, 6.07) is 5.33. The van der Waals surface area contributed by atoms with Crippen LogP contribution in [0, 0.1) is 0 Å². The second-order valence-electron chi connectivity index (χ2n) is 8.07. The first-order valence-corrected chi connectivity index (χ1v) is 10.9. The topological polar surface area (TPSA) is 170 Å². The standard InChI is InChI=1S/C21H27N9O4/c1-29(14-8-4-3-5-9-14)12-15-17(24-28-30(15)20-19(22)26-34-27-20)21(32)25-23-11-13-7-6-10-16(33-2)18(13)31/h6-7,10-11,14,31H,3-5,8-9,12H2,1-2H3,(H2,22,26)(H,25,32)/b23-11-. The summed E-state index contributed by atoms with van der Waals surface area (Å²) in [6.07, 6.45) is 7.06. The third-order valence-electron chi connectivity index (χ3n) is 5.89. The lowest BCUT2D eigenvalue weighted by atomic mass is 9.94. The Bertz CT molecular complexity index is 1170. The van der Waals surface area contributed by atoms with Gasteiger partial charge in [0.25, 0.3) is 5.91 Å². The van der Waals surface area contributed by atoms with Gasteiger partial charge in [0, 0.05) is 18.2 Å². The number of aromatic hydroxyl groups is 1. The molecule has 0 bridgehead atoms. The molecule has 1 saturated carbocycles. The van der Waals surface area contributed by atoms with Crippen molar-refractivity contribution in [3.63, 3.8) is 0 Å². The lowest BCUT2D eigenvalue weighted by Gasteiger charge is -2.31. The number of hydrogen-bond donors (Lipinski definition) is 3. The first-order chi connectivity index (χ1) is 16.5. The van der Waals surface area contributed by atoms with Gasteiger partial charge in [0.05, 0.1) is 19.0 Å². The van der Waals surface area contributed by atoms with Crippen molar-refractivity contribution in [2.24, 2.45) is 5.10 Å². The van der Waals surface area contributed by atoms with Crippen molar-refractivity contribution in [1.29, 1.82) is 0 Å². The number of nitrogens with one attached hydrogen (secondary N) is 1. The number of hydrogen-bond acceptors (Lipinski definition) is 11. The van der Waals surface area contributed by atoms with Crippen LogP contribution in [0.2, 0.25) is 0 Å². The summed E-state index contributed by atoms with van der Waals surface area (Å²) in [5.74, 6) is -0.178. The molecule has 34 heavy (non-hydrogen) atoms. The summed E-state index contributed by atoms with van der Waals surface area (Å²) in [7, 11) is 3.45. The Hall–Kier alpha value is -4.00. The van der Waals surface area contributed by atoms with E-state index >= 15 is 0 Å². The number of carbonyl (C=O) groups excluding carboxylic acids is 1. The second kappa shape index (κ2) is 10.3. The van der Waals surface area contributed by atoms with Gasteiger partial charge in [-0.15, -0.1) is 5.10 Å². The van der Waals surface area contributed by atoms with Crippen LogP contribution >= 0.6 is 0 Å². The van der Waals surface area contributed by atoms with Gasteiger partial charge in [-0.05, 0) is 42.3 Å². The summed E-state index contributed by atoms with van der Waals surface area (Å²) in [4.78, 5) is 15.1. The number of phenols is 1. The van der Waals surface area contributed by atoms with Gasteiger partial charge in [0.15, 0.2) is 17.2 Å². The fourth-order valence-electron chi connectivity index (χ4n) is 4.04. The molecule has 180 valence electrons. The number of nitrogen functional groups attached to an aromatic ring is 1. The number of nitrogens with zero attached hydrogens (tertiary/aromatic N) is 7. The number of para-hydroxylation sites is 1. The molecule has 0 spiro atoms. The molecule has 1 amide bonds. The number of hydrazone groups is 1. The monoisotopic (exact) mass is 469 g/mol. The van der Waals surface area contributed by atoms with Gasteiger partial charge in [0.1, 0.15) is 0 Å². The number of anilines is 1. The van der Waals surface area contributed by atoms with Crippen molar-refractivity contribution < 1.29 is 19.3 Å². The molecule has 0 saturated heterocycles. The normalized spacial score (nSPS) is 14.7. The lowest BCUT2D eigenvalue weighted by molar-refractivity contribution is 0.0947. The smallest absolute Gasteiger partial charge is 0.293 e. The molecule has 1 aromatic carbocycles. The SMILES string of the molecule is COc1cccc(/C=N\NC(=O)c2nnn(-c3nonc3N)c2CN(C)C2CCCCC2)c1O. The molecular formula is C21H27N9O4. The van der Waals surface area contributed by atoms with E-state index in [4.69, 9.17) is 15.1 Å². The van der Waals surface area contributed by atoms with Gasteiger partial charge in [0.2, 0.25) is 11.6 Å². The zero-order valence-electron chi connectivity index (χ0n) is 19.0. The maximum absolute atomic E-state index is 13.0. The van der Waals surface area contributed by atoms with Crippen LogP contribution in [0.15, 0.2) is 27.9 Å². The van der Waals surface area contributed by atoms with Crippen LogP contribution in [-0.2, 0) is 6.54 Å². The molecule has 1 fully saturated rings. The molecule has 13 nitrogen and oxygen atoms in total. The van der Waals surface area contributed by atoms with E-state index in [2.05, 4.69) is 36.1 Å². The highest BCUT2D eigenvalue weighted by molar-refractivity contribution is 5.94. The molecule has 2 heterocycles. The maximum atomic E-state index is 13.0. The Kier molecular flexibility index (Phi) is 7.01. The Morgan fingerprint density at radius 3 is 2.88 bits per heavy atom. The number of methoxy groups -OCH3 is 1. The third-order valence-corrected chi connectivity index (χ3v) is 5.89. The molecule has 1 aliphatic rings. The summed E-state index contributed by atoms with van der Waals surface area (Å²) in [5, 5.41) is 29.6. The van der Waals surface area contributed by atoms with Crippen molar-refractivity contribution in [3.8, 4) is 17.3 Å². The molecule has 0 atom stereocenters. The largest absolute Gasteiger partial charge is 0.504 e. The highest BCUT2D eigenvalue weighted by Gasteiger charge is 2.27. The summed E-state index contributed by atoms with van der Waals surface area (Å²) in [5.41, 5.74) is 9.21. The number of nitrogens with two attached hydrogens (primary N) is 1. The predicted octanol–water partition coefficient (Wildman–Crippen LogP) is 1.48. The van der Waals surface area contributed by atoms with Crippen LogP contribution in [0.25, 0.3) is 5.82 Å². The molecule has 3 aromatic rings. The molecule has 2 aromatic heterocycles. The van der Waals surface area contributed by atoms with Gasteiger partial charge < -0.3 is 15.6 Å². The van der Waals surface area contributed by atoms with Crippen molar-refractivity contribution in [2.45, 2.75) is 44.7 Å². The van der Waals surface area contributed by atoms with Crippen LogP contribution in [0.1, 0.15) is 53.8 Å². The number of aromatic nitrogens is 5. The third kappa shape index (κ3) is 4.83. The summed E-state index contributed by atoms with van der Waals surface area (Å²) < 4.78 is 11.1. The molecule has 13 heteroatoms. The van der Waals surface area contributed by atoms with Crippen LogP contribution < -0.4 is 15.9 Å². The van der Waals surface area contributed by atoms with E-state index in [1.807, 2.05) is 7.05 Å². The first-order valence-electron chi connectivity index (χ1n) is 10.9. The Morgan fingerprint density at radius 2 is 2.18 bits per heavy atom. The van der Waals surface area contributed by atoms with E-state index < -0.39 is 5.91 Å². The van der Waals surface area contributed by atoms with Gasteiger partial charge in [-0.2, -0.15) is 9.78 Å². The van der Waals surface area contributed by atoms with Crippen LogP contribution in [0.5, 0.6) is 11.5 Å². The minimum absolute atomic E-state index is 0.0324. The second-order valence-corrected chi connectivity index (χ2v) is 8.07. The van der Waals surface area contributed by atoms with Gasteiger partial charge >= 0.3 is 0 Å². The molecular weight excluding hydrogens is 442 g/mol. The van der Waals surface area contributed by atoms with E-state index in [9.17, 15) is 9.90 Å². The fraction of sp³-hybridized carbons (Fsp3) is 0.429. The minimum atomic E-state index is -0.577. The number of rotatable bonds is 8. The molecule has 0 unspecified atom stereocenters. The number of amides is 1. The van der Waals surface area contributed by atoms with Crippen LogP contribution in [0.4, 0.5) is 5.82 Å². The van der Waals surface area contributed by atoms with E-state index in [0.29, 0.717) is 29.6 Å². The van der Waals surface area contributed by atoms with Crippen molar-refractivity contribution in [3.05, 3.63) is 35.2 Å². The highest BCUT2D eigenvalue weighted by atomic mass is 16.6. The zero-order valence-corrected chi connectivity index (χ0v) is 19.0. The minimum Gasteiger partial charge on any atom is -0.504 e. The molecule has 1 aliphatic carbocycles. The number of ether oxygens (including phenoxy) is 1.